The zero-order valence-corrected chi connectivity index (χ0v) is 15.0. The highest BCUT2D eigenvalue weighted by Crippen LogP contribution is 2.35. The Bertz CT molecular complexity index is 764. The standard InChI is InChI=1S/C19H26N4O2/c1-21(2)18-17-6-3-9-22(17)13-15(20-18)16-5-4-10-23(16)19(24)14-7-11-25-12-8-14/h3,6,9,13-14,16H,4-5,7-8,10-12H2,1-2H3/t16-/m0/s1. The monoisotopic (exact) mass is 342 g/mol. The molecule has 2 aliphatic rings. The van der Waals surface area contributed by atoms with E-state index in [1.807, 2.05) is 31.3 Å². The zero-order valence-electron chi connectivity index (χ0n) is 15.0. The van der Waals surface area contributed by atoms with E-state index in [2.05, 4.69) is 21.6 Å². The van der Waals surface area contributed by atoms with Gasteiger partial charge in [-0.15, -0.1) is 0 Å². The molecular weight excluding hydrogens is 316 g/mol. The molecule has 1 amide bonds. The van der Waals surface area contributed by atoms with Crippen LogP contribution in [0.4, 0.5) is 5.82 Å². The summed E-state index contributed by atoms with van der Waals surface area (Å²) in [5, 5.41) is 0. The third-order valence-electron chi connectivity index (χ3n) is 5.39. The van der Waals surface area contributed by atoms with Gasteiger partial charge in [0.2, 0.25) is 5.91 Å². The second-order valence-corrected chi connectivity index (χ2v) is 7.26. The van der Waals surface area contributed by atoms with Crippen LogP contribution >= 0.6 is 0 Å². The Hall–Kier alpha value is -2.08. The van der Waals surface area contributed by atoms with Crippen LogP contribution < -0.4 is 4.90 Å². The molecule has 1 atom stereocenters. The molecule has 0 aromatic carbocycles. The van der Waals surface area contributed by atoms with Crippen molar-refractivity contribution in [2.45, 2.75) is 31.7 Å². The van der Waals surface area contributed by atoms with E-state index in [0.29, 0.717) is 13.2 Å². The maximum atomic E-state index is 13.0. The van der Waals surface area contributed by atoms with Gasteiger partial charge < -0.3 is 18.9 Å². The number of nitrogens with zero attached hydrogens (tertiary/aromatic N) is 4. The van der Waals surface area contributed by atoms with Crippen molar-refractivity contribution in [3.8, 4) is 0 Å². The highest BCUT2D eigenvalue weighted by atomic mass is 16.5. The minimum Gasteiger partial charge on any atom is -0.381 e. The number of carbonyl (C=O) groups excluding carboxylic acids is 1. The van der Waals surface area contributed by atoms with E-state index in [4.69, 9.17) is 9.72 Å². The number of ether oxygens (including phenoxy) is 1. The lowest BCUT2D eigenvalue weighted by atomic mass is 9.98. The Morgan fingerprint density at radius 1 is 1.28 bits per heavy atom. The molecule has 4 heterocycles. The molecule has 6 nitrogen and oxygen atoms in total. The zero-order chi connectivity index (χ0) is 17.4. The van der Waals surface area contributed by atoms with Crippen LogP contribution in [0.1, 0.15) is 37.4 Å². The van der Waals surface area contributed by atoms with Crippen LogP contribution in [0.15, 0.2) is 24.5 Å². The summed E-state index contributed by atoms with van der Waals surface area (Å²) in [6, 6.07) is 4.19. The van der Waals surface area contributed by atoms with Crippen molar-refractivity contribution in [2.24, 2.45) is 5.92 Å². The number of hydrogen-bond acceptors (Lipinski definition) is 4. The van der Waals surface area contributed by atoms with Crippen LogP contribution in [0.2, 0.25) is 0 Å². The van der Waals surface area contributed by atoms with Crippen molar-refractivity contribution < 1.29 is 9.53 Å². The van der Waals surface area contributed by atoms with Crippen molar-refractivity contribution >= 4 is 17.2 Å². The molecule has 0 radical (unpaired) electrons. The smallest absolute Gasteiger partial charge is 0.226 e. The number of amides is 1. The van der Waals surface area contributed by atoms with Gasteiger partial charge in [-0.1, -0.05) is 0 Å². The second kappa shape index (κ2) is 6.67. The molecule has 134 valence electrons. The predicted molar refractivity (Wildman–Crippen MR) is 96.8 cm³/mol. The molecule has 0 unspecified atom stereocenters. The van der Waals surface area contributed by atoms with E-state index in [-0.39, 0.29) is 17.9 Å². The molecular formula is C19H26N4O2. The molecule has 25 heavy (non-hydrogen) atoms. The third-order valence-corrected chi connectivity index (χ3v) is 5.39. The fourth-order valence-corrected chi connectivity index (χ4v) is 4.05. The van der Waals surface area contributed by atoms with Gasteiger partial charge in [0.25, 0.3) is 0 Å². The lowest BCUT2D eigenvalue weighted by molar-refractivity contribution is -0.139. The van der Waals surface area contributed by atoms with E-state index < -0.39 is 0 Å². The molecule has 6 heteroatoms. The predicted octanol–water partition coefficient (Wildman–Crippen LogP) is 2.49. The minimum absolute atomic E-state index is 0.0841. The molecule has 4 rings (SSSR count). The maximum absolute atomic E-state index is 13.0. The van der Waals surface area contributed by atoms with E-state index in [1.54, 1.807) is 0 Å². The van der Waals surface area contributed by atoms with Crippen LogP contribution in [0.25, 0.3) is 5.52 Å². The first-order chi connectivity index (χ1) is 12.1. The number of rotatable bonds is 3. The largest absolute Gasteiger partial charge is 0.381 e. The van der Waals surface area contributed by atoms with Crippen molar-refractivity contribution in [1.29, 1.82) is 0 Å². The average molecular weight is 342 g/mol. The summed E-state index contributed by atoms with van der Waals surface area (Å²) in [6.07, 6.45) is 7.85. The van der Waals surface area contributed by atoms with E-state index in [1.165, 1.54) is 0 Å². The molecule has 0 bridgehead atoms. The lowest BCUT2D eigenvalue weighted by Gasteiger charge is -2.30. The van der Waals surface area contributed by atoms with Crippen LogP contribution in [0, 0.1) is 5.92 Å². The van der Waals surface area contributed by atoms with Gasteiger partial charge in [-0.25, -0.2) is 4.98 Å². The van der Waals surface area contributed by atoms with Gasteiger partial charge in [-0.2, -0.15) is 0 Å². The van der Waals surface area contributed by atoms with Crippen LogP contribution in [-0.2, 0) is 9.53 Å². The summed E-state index contributed by atoms with van der Waals surface area (Å²) in [5.41, 5.74) is 2.08. The van der Waals surface area contributed by atoms with Crippen LogP contribution in [-0.4, -0.2) is 54.0 Å². The van der Waals surface area contributed by atoms with Gasteiger partial charge in [0.05, 0.1) is 17.3 Å². The Kier molecular flexibility index (Phi) is 4.37. The van der Waals surface area contributed by atoms with Crippen molar-refractivity contribution in [3.63, 3.8) is 0 Å². The Labute approximate surface area is 148 Å². The van der Waals surface area contributed by atoms with Crippen molar-refractivity contribution in [2.75, 3.05) is 38.8 Å². The minimum atomic E-state index is 0.0841. The van der Waals surface area contributed by atoms with Gasteiger partial charge in [0.1, 0.15) is 0 Å². The van der Waals surface area contributed by atoms with Gasteiger partial charge in [0, 0.05) is 52.2 Å². The Morgan fingerprint density at radius 3 is 2.84 bits per heavy atom. The van der Waals surface area contributed by atoms with Gasteiger partial charge >= 0.3 is 0 Å². The highest BCUT2D eigenvalue weighted by molar-refractivity contribution is 5.80. The second-order valence-electron chi connectivity index (χ2n) is 7.26. The number of fused-ring (bicyclic) bond motifs is 1. The maximum Gasteiger partial charge on any atom is 0.226 e. The van der Waals surface area contributed by atoms with E-state index in [0.717, 1.165) is 49.3 Å². The Balaban J connectivity index is 1.65. The SMILES string of the molecule is CN(C)c1nc([C@@H]2CCCN2C(=O)C2CCOCC2)cn2cccc12. The molecule has 2 aromatic rings. The number of hydrogen-bond donors (Lipinski definition) is 0. The average Bonchev–Trinajstić information content (AvgIpc) is 3.29. The number of likely N-dealkylation sites (tertiary alicyclic amines) is 1. The first kappa shape index (κ1) is 16.4. The van der Waals surface area contributed by atoms with Crippen molar-refractivity contribution in [1.82, 2.24) is 14.3 Å². The molecule has 2 fully saturated rings. The lowest BCUT2D eigenvalue weighted by Crippen LogP contribution is -2.38. The quantitative estimate of drug-likeness (QED) is 0.860. The topological polar surface area (TPSA) is 50.1 Å². The fraction of sp³-hybridized carbons (Fsp3) is 0.579. The summed E-state index contributed by atoms with van der Waals surface area (Å²) in [5.74, 6) is 1.34. The molecule has 2 aliphatic heterocycles. The van der Waals surface area contributed by atoms with Crippen LogP contribution in [0.5, 0.6) is 0 Å². The van der Waals surface area contributed by atoms with Crippen molar-refractivity contribution in [3.05, 3.63) is 30.2 Å². The fourth-order valence-electron chi connectivity index (χ4n) is 4.05. The summed E-state index contributed by atoms with van der Waals surface area (Å²) >= 11 is 0. The molecule has 2 aromatic heterocycles. The molecule has 0 aliphatic carbocycles. The van der Waals surface area contributed by atoms with Gasteiger partial charge in [0.15, 0.2) is 5.82 Å². The number of anilines is 1. The van der Waals surface area contributed by atoms with Crippen LogP contribution in [0.3, 0.4) is 0 Å². The summed E-state index contributed by atoms with van der Waals surface area (Å²) in [7, 11) is 4.03. The molecule has 0 saturated carbocycles. The number of carbonyl (C=O) groups is 1. The third kappa shape index (κ3) is 2.99. The molecule has 0 spiro atoms. The van der Waals surface area contributed by atoms with Gasteiger partial charge in [-0.05, 0) is 37.8 Å². The molecule has 2 saturated heterocycles. The Morgan fingerprint density at radius 2 is 2.08 bits per heavy atom. The summed E-state index contributed by atoms with van der Waals surface area (Å²) < 4.78 is 7.53. The van der Waals surface area contributed by atoms with E-state index in [9.17, 15) is 4.79 Å². The first-order valence-electron chi connectivity index (χ1n) is 9.18. The highest BCUT2D eigenvalue weighted by Gasteiger charge is 2.35. The summed E-state index contributed by atoms with van der Waals surface area (Å²) in [6.45, 7) is 2.24. The van der Waals surface area contributed by atoms with Gasteiger partial charge in [-0.3, -0.25) is 4.79 Å². The molecule has 0 N–H and O–H groups in total. The summed E-state index contributed by atoms with van der Waals surface area (Å²) in [4.78, 5) is 22.1. The number of aromatic nitrogens is 2. The van der Waals surface area contributed by atoms with E-state index >= 15 is 0 Å². The normalized spacial score (nSPS) is 21.8. The first-order valence-corrected chi connectivity index (χ1v) is 9.18.